The molecule has 2 aliphatic rings. The number of H-pyrrole nitrogens is 1. The van der Waals surface area contributed by atoms with Crippen molar-refractivity contribution in [2.24, 2.45) is 5.92 Å². The highest BCUT2D eigenvalue weighted by atomic mass is 16.2. The van der Waals surface area contributed by atoms with E-state index >= 15 is 0 Å². The number of hydrogen-bond acceptors (Lipinski definition) is 3. The fraction of sp³-hybridized carbons (Fsp3) is 0.625. The Kier molecular flexibility index (Phi) is 4.10. The molecule has 5 heteroatoms. The van der Waals surface area contributed by atoms with E-state index in [-0.39, 0.29) is 17.0 Å². The van der Waals surface area contributed by atoms with Crippen molar-refractivity contribution in [3.05, 3.63) is 33.7 Å². The molecule has 2 saturated heterocycles. The number of rotatable bonds is 2. The number of carbonyl (C=O) groups is 1. The maximum Gasteiger partial charge on any atom is 0.260 e. The largest absolute Gasteiger partial charge is 0.338 e. The number of pyridine rings is 1. The number of carbonyl (C=O) groups excluding carboxylic acids is 1. The van der Waals surface area contributed by atoms with Crippen molar-refractivity contribution in [1.82, 2.24) is 15.2 Å². The molecule has 2 N–H and O–H groups in total. The summed E-state index contributed by atoms with van der Waals surface area (Å²) in [5.74, 6) is 0.543. The molecule has 1 unspecified atom stereocenters. The Morgan fingerprint density at radius 3 is 2.62 bits per heavy atom. The van der Waals surface area contributed by atoms with Crippen LogP contribution in [0.25, 0.3) is 0 Å². The Balaban J connectivity index is 1.63. The number of piperidine rings is 1. The molecule has 0 radical (unpaired) electrons. The van der Waals surface area contributed by atoms with Crippen molar-refractivity contribution in [2.45, 2.75) is 38.6 Å². The zero-order valence-electron chi connectivity index (χ0n) is 12.5. The highest BCUT2D eigenvalue weighted by Gasteiger charge is 2.30. The summed E-state index contributed by atoms with van der Waals surface area (Å²) in [6.07, 6.45) is 4.60. The monoisotopic (exact) mass is 289 g/mol. The first kappa shape index (κ1) is 14.3. The van der Waals surface area contributed by atoms with Gasteiger partial charge in [-0.05, 0) is 57.2 Å². The summed E-state index contributed by atoms with van der Waals surface area (Å²) in [4.78, 5) is 28.9. The molecular weight excluding hydrogens is 266 g/mol. The Bertz CT molecular complexity index is 567. The minimum Gasteiger partial charge on any atom is -0.338 e. The molecule has 1 amide bonds. The van der Waals surface area contributed by atoms with E-state index in [2.05, 4.69) is 10.3 Å². The summed E-state index contributed by atoms with van der Waals surface area (Å²) in [6.45, 7) is 4.46. The third-order valence-electron chi connectivity index (χ3n) is 4.78. The number of aryl methyl sites for hydroxylation is 1. The van der Waals surface area contributed by atoms with Crippen molar-refractivity contribution in [1.29, 1.82) is 0 Å². The number of hydrogen-bond donors (Lipinski definition) is 2. The molecule has 0 saturated carbocycles. The van der Waals surface area contributed by atoms with Crippen LogP contribution in [0.1, 0.15) is 41.7 Å². The van der Waals surface area contributed by atoms with Gasteiger partial charge in [-0.1, -0.05) is 0 Å². The molecule has 0 bridgehead atoms. The van der Waals surface area contributed by atoms with Crippen LogP contribution in [-0.2, 0) is 0 Å². The van der Waals surface area contributed by atoms with Crippen LogP contribution in [0.5, 0.6) is 0 Å². The second-order valence-corrected chi connectivity index (χ2v) is 6.22. The highest BCUT2D eigenvalue weighted by Crippen LogP contribution is 2.26. The van der Waals surface area contributed by atoms with Gasteiger partial charge in [0.15, 0.2) is 0 Å². The molecular formula is C16H23N3O2. The van der Waals surface area contributed by atoms with Gasteiger partial charge < -0.3 is 15.2 Å². The minimum atomic E-state index is -0.278. The van der Waals surface area contributed by atoms with Gasteiger partial charge in [-0.2, -0.15) is 0 Å². The maximum absolute atomic E-state index is 12.5. The zero-order valence-corrected chi connectivity index (χ0v) is 12.5. The van der Waals surface area contributed by atoms with Crippen LogP contribution in [0, 0.1) is 12.8 Å². The maximum atomic E-state index is 12.5. The molecule has 114 valence electrons. The Hall–Kier alpha value is -1.62. The van der Waals surface area contributed by atoms with Crippen LogP contribution >= 0.6 is 0 Å². The number of aromatic amines is 1. The second-order valence-electron chi connectivity index (χ2n) is 6.22. The van der Waals surface area contributed by atoms with Gasteiger partial charge in [-0.3, -0.25) is 9.59 Å². The second kappa shape index (κ2) is 6.02. The van der Waals surface area contributed by atoms with Gasteiger partial charge >= 0.3 is 0 Å². The topological polar surface area (TPSA) is 65.2 Å². The lowest BCUT2D eigenvalue weighted by Gasteiger charge is -2.34. The number of nitrogens with one attached hydrogen (secondary N) is 2. The third kappa shape index (κ3) is 3.02. The third-order valence-corrected chi connectivity index (χ3v) is 4.78. The van der Waals surface area contributed by atoms with Gasteiger partial charge in [0.05, 0.1) is 0 Å². The molecule has 5 nitrogen and oxygen atoms in total. The Morgan fingerprint density at radius 2 is 2.00 bits per heavy atom. The van der Waals surface area contributed by atoms with Crippen LogP contribution in [0.3, 0.4) is 0 Å². The smallest absolute Gasteiger partial charge is 0.260 e. The SMILES string of the molecule is Cc1ccc(C(=O)N2CCC(C3CCCN3)CC2)c(=O)[nH]1. The average molecular weight is 289 g/mol. The van der Waals surface area contributed by atoms with Crippen LogP contribution in [0.4, 0.5) is 0 Å². The molecule has 2 aliphatic heterocycles. The molecule has 1 aromatic rings. The quantitative estimate of drug-likeness (QED) is 0.862. The van der Waals surface area contributed by atoms with Crippen molar-refractivity contribution in [3.8, 4) is 0 Å². The lowest BCUT2D eigenvalue weighted by atomic mass is 9.88. The van der Waals surface area contributed by atoms with E-state index in [1.807, 2.05) is 11.8 Å². The van der Waals surface area contributed by atoms with Crippen LogP contribution in [-0.4, -0.2) is 41.5 Å². The van der Waals surface area contributed by atoms with Gasteiger partial charge in [0.25, 0.3) is 11.5 Å². The Morgan fingerprint density at radius 1 is 1.24 bits per heavy atom. The predicted molar refractivity (Wildman–Crippen MR) is 81.5 cm³/mol. The fourth-order valence-corrected chi connectivity index (χ4v) is 3.53. The van der Waals surface area contributed by atoms with E-state index < -0.39 is 0 Å². The van der Waals surface area contributed by atoms with Crippen molar-refractivity contribution in [3.63, 3.8) is 0 Å². The standard InChI is InChI=1S/C16H23N3O2/c1-11-4-5-13(15(20)18-11)16(21)19-9-6-12(7-10-19)14-3-2-8-17-14/h4-5,12,14,17H,2-3,6-10H2,1H3,(H,18,20). The number of nitrogens with zero attached hydrogens (tertiary/aromatic N) is 1. The summed E-state index contributed by atoms with van der Waals surface area (Å²) < 4.78 is 0. The average Bonchev–Trinajstić information content (AvgIpc) is 3.01. The summed E-state index contributed by atoms with van der Waals surface area (Å²) in [6, 6.07) is 4.05. The number of likely N-dealkylation sites (tertiary alicyclic amines) is 1. The number of aromatic nitrogens is 1. The van der Waals surface area contributed by atoms with Gasteiger partial charge in [0, 0.05) is 24.8 Å². The molecule has 3 rings (SSSR count). The fourth-order valence-electron chi connectivity index (χ4n) is 3.53. The van der Waals surface area contributed by atoms with E-state index in [0.717, 1.165) is 38.2 Å². The molecule has 0 aromatic carbocycles. The highest BCUT2D eigenvalue weighted by molar-refractivity contribution is 5.93. The van der Waals surface area contributed by atoms with Crippen molar-refractivity contribution >= 4 is 5.91 Å². The van der Waals surface area contributed by atoms with E-state index in [1.54, 1.807) is 12.1 Å². The zero-order chi connectivity index (χ0) is 14.8. The molecule has 1 atom stereocenters. The lowest BCUT2D eigenvalue weighted by molar-refractivity contribution is 0.0672. The van der Waals surface area contributed by atoms with Gasteiger partial charge in [0.2, 0.25) is 0 Å². The van der Waals surface area contributed by atoms with Crippen LogP contribution < -0.4 is 10.9 Å². The van der Waals surface area contributed by atoms with Crippen LogP contribution in [0.15, 0.2) is 16.9 Å². The summed E-state index contributed by atoms with van der Waals surface area (Å²) in [5, 5.41) is 3.56. The summed E-state index contributed by atoms with van der Waals surface area (Å²) in [7, 11) is 0. The first-order valence-electron chi connectivity index (χ1n) is 7.88. The van der Waals surface area contributed by atoms with E-state index in [4.69, 9.17) is 0 Å². The first-order valence-corrected chi connectivity index (χ1v) is 7.88. The van der Waals surface area contributed by atoms with Crippen LogP contribution in [0.2, 0.25) is 0 Å². The van der Waals surface area contributed by atoms with Crippen molar-refractivity contribution < 1.29 is 4.79 Å². The minimum absolute atomic E-state index is 0.130. The van der Waals surface area contributed by atoms with Gasteiger partial charge in [-0.25, -0.2) is 0 Å². The predicted octanol–water partition coefficient (Wildman–Crippen LogP) is 1.29. The molecule has 0 spiro atoms. The normalized spacial score (nSPS) is 23.5. The van der Waals surface area contributed by atoms with Crippen molar-refractivity contribution in [2.75, 3.05) is 19.6 Å². The number of amides is 1. The molecule has 2 fully saturated rings. The molecule has 0 aliphatic carbocycles. The van der Waals surface area contributed by atoms with E-state index in [1.165, 1.54) is 12.8 Å². The summed E-state index contributed by atoms with van der Waals surface area (Å²) in [5.41, 5.74) is 0.764. The Labute approximate surface area is 124 Å². The molecule has 21 heavy (non-hydrogen) atoms. The lowest BCUT2D eigenvalue weighted by Crippen LogP contribution is -2.44. The van der Waals surface area contributed by atoms with E-state index in [9.17, 15) is 9.59 Å². The van der Waals surface area contributed by atoms with E-state index in [0.29, 0.717) is 12.0 Å². The summed E-state index contributed by atoms with van der Waals surface area (Å²) >= 11 is 0. The first-order chi connectivity index (χ1) is 10.1. The molecule has 1 aromatic heterocycles. The molecule has 3 heterocycles. The van der Waals surface area contributed by atoms with Gasteiger partial charge in [0.1, 0.15) is 5.56 Å². The van der Waals surface area contributed by atoms with Gasteiger partial charge in [-0.15, -0.1) is 0 Å².